The molecule has 19 heavy (non-hydrogen) atoms. The summed E-state index contributed by atoms with van der Waals surface area (Å²) in [6.07, 6.45) is 3.92. The third-order valence-electron chi connectivity index (χ3n) is 4.30. The van der Waals surface area contributed by atoms with Crippen LogP contribution in [0.1, 0.15) is 50.3 Å². The van der Waals surface area contributed by atoms with Gasteiger partial charge in [0.25, 0.3) is 0 Å². The number of aryl methyl sites for hydroxylation is 1. The molecule has 2 heteroatoms. The van der Waals surface area contributed by atoms with Crippen molar-refractivity contribution in [2.24, 2.45) is 0 Å². The van der Waals surface area contributed by atoms with E-state index >= 15 is 0 Å². The molecule has 1 N–H and O–H groups in total. The molecule has 2 rings (SSSR count). The summed E-state index contributed by atoms with van der Waals surface area (Å²) in [5, 5.41) is 3.82. The second-order valence-corrected chi connectivity index (χ2v) is 5.86. The molecule has 1 unspecified atom stereocenters. The number of benzene rings is 1. The molecule has 1 saturated heterocycles. The van der Waals surface area contributed by atoms with Gasteiger partial charge in [-0.15, -0.1) is 0 Å². The van der Waals surface area contributed by atoms with Crippen LogP contribution in [-0.2, 0) is 0 Å². The first-order chi connectivity index (χ1) is 9.19. The molecule has 1 aromatic carbocycles. The van der Waals surface area contributed by atoms with Crippen LogP contribution in [0.5, 0.6) is 0 Å². The largest absolute Gasteiger partial charge is 0.307 e. The molecule has 1 fully saturated rings. The zero-order valence-corrected chi connectivity index (χ0v) is 12.7. The van der Waals surface area contributed by atoms with Crippen molar-refractivity contribution in [3.8, 4) is 0 Å². The predicted molar refractivity (Wildman–Crippen MR) is 82.5 cm³/mol. The average molecular weight is 260 g/mol. The molecule has 0 bridgehead atoms. The molecular formula is C17H28N2. The van der Waals surface area contributed by atoms with Crippen molar-refractivity contribution < 1.29 is 0 Å². The van der Waals surface area contributed by atoms with E-state index in [1.807, 2.05) is 0 Å². The Morgan fingerprint density at radius 2 is 2.16 bits per heavy atom. The zero-order chi connectivity index (χ0) is 13.7. The Morgan fingerprint density at radius 1 is 1.32 bits per heavy atom. The van der Waals surface area contributed by atoms with E-state index in [1.165, 1.54) is 50.0 Å². The van der Waals surface area contributed by atoms with Gasteiger partial charge in [-0.2, -0.15) is 0 Å². The quantitative estimate of drug-likeness (QED) is 0.891. The summed E-state index contributed by atoms with van der Waals surface area (Å²) < 4.78 is 0. The lowest BCUT2D eigenvalue weighted by Crippen LogP contribution is -2.33. The van der Waals surface area contributed by atoms with Crippen molar-refractivity contribution in [3.63, 3.8) is 0 Å². The first kappa shape index (κ1) is 14.5. The number of nitrogens with zero attached hydrogens (tertiary/aromatic N) is 1. The number of rotatable bonds is 4. The molecule has 1 aliphatic rings. The molecule has 0 aliphatic carbocycles. The fourth-order valence-corrected chi connectivity index (χ4v) is 3.03. The van der Waals surface area contributed by atoms with E-state index in [0.29, 0.717) is 12.1 Å². The van der Waals surface area contributed by atoms with Gasteiger partial charge in [-0.05, 0) is 58.3 Å². The SMILES string of the molecule is CCN1CCCC(N[C@@H](C)c2cccc(C)c2)CC1. The number of hydrogen-bond acceptors (Lipinski definition) is 2. The van der Waals surface area contributed by atoms with E-state index in [1.54, 1.807) is 0 Å². The highest BCUT2D eigenvalue weighted by molar-refractivity contribution is 5.24. The summed E-state index contributed by atoms with van der Waals surface area (Å²) >= 11 is 0. The minimum Gasteiger partial charge on any atom is -0.307 e. The Kier molecular flexibility index (Phi) is 5.41. The molecule has 1 aromatic rings. The molecule has 0 radical (unpaired) electrons. The van der Waals surface area contributed by atoms with Crippen LogP contribution in [0.15, 0.2) is 24.3 Å². The van der Waals surface area contributed by atoms with Gasteiger partial charge in [-0.1, -0.05) is 36.8 Å². The summed E-state index contributed by atoms with van der Waals surface area (Å²) in [6.45, 7) is 10.4. The minimum absolute atomic E-state index is 0.457. The molecule has 0 saturated carbocycles. The lowest BCUT2D eigenvalue weighted by Gasteiger charge is -2.23. The summed E-state index contributed by atoms with van der Waals surface area (Å²) in [5.41, 5.74) is 2.76. The average Bonchev–Trinajstić information content (AvgIpc) is 2.64. The smallest absolute Gasteiger partial charge is 0.0294 e. The lowest BCUT2D eigenvalue weighted by atomic mass is 10.0. The van der Waals surface area contributed by atoms with E-state index in [0.717, 1.165) is 0 Å². The van der Waals surface area contributed by atoms with E-state index in [2.05, 4.69) is 55.3 Å². The van der Waals surface area contributed by atoms with Crippen molar-refractivity contribution in [2.45, 2.75) is 52.1 Å². The topological polar surface area (TPSA) is 15.3 Å². The maximum absolute atomic E-state index is 3.82. The Bertz CT molecular complexity index is 389. The highest BCUT2D eigenvalue weighted by atomic mass is 15.1. The van der Waals surface area contributed by atoms with Gasteiger partial charge >= 0.3 is 0 Å². The summed E-state index contributed by atoms with van der Waals surface area (Å²) in [4.78, 5) is 2.57. The maximum atomic E-state index is 3.82. The zero-order valence-electron chi connectivity index (χ0n) is 12.7. The first-order valence-electron chi connectivity index (χ1n) is 7.74. The summed E-state index contributed by atoms with van der Waals surface area (Å²) in [5.74, 6) is 0. The number of hydrogen-bond donors (Lipinski definition) is 1. The normalized spacial score (nSPS) is 23.0. The van der Waals surface area contributed by atoms with Gasteiger partial charge in [0, 0.05) is 12.1 Å². The summed E-state index contributed by atoms with van der Waals surface area (Å²) in [6, 6.07) is 9.99. The monoisotopic (exact) mass is 260 g/mol. The van der Waals surface area contributed by atoms with Gasteiger partial charge in [-0.3, -0.25) is 0 Å². The van der Waals surface area contributed by atoms with Gasteiger partial charge in [0.05, 0.1) is 0 Å². The molecule has 2 nitrogen and oxygen atoms in total. The van der Waals surface area contributed by atoms with Crippen LogP contribution < -0.4 is 5.32 Å². The molecule has 0 amide bonds. The fourth-order valence-electron chi connectivity index (χ4n) is 3.03. The standard InChI is InChI=1S/C17H28N2/c1-4-19-11-6-9-17(10-12-19)18-15(3)16-8-5-7-14(2)13-16/h5,7-8,13,15,17-18H,4,6,9-12H2,1-3H3/t15-,17?/m0/s1. The molecule has 2 atom stereocenters. The molecule has 106 valence electrons. The second kappa shape index (κ2) is 7.06. The third kappa shape index (κ3) is 4.32. The van der Waals surface area contributed by atoms with Gasteiger partial charge in [0.1, 0.15) is 0 Å². The Labute approximate surface area is 118 Å². The Hall–Kier alpha value is -0.860. The van der Waals surface area contributed by atoms with Crippen molar-refractivity contribution in [2.75, 3.05) is 19.6 Å². The van der Waals surface area contributed by atoms with Gasteiger partial charge in [0.2, 0.25) is 0 Å². The highest BCUT2D eigenvalue weighted by Crippen LogP contribution is 2.18. The molecular weight excluding hydrogens is 232 g/mol. The maximum Gasteiger partial charge on any atom is 0.0294 e. The van der Waals surface area contributed by atoms with Gasteiger partial charge < -0.3 is 10.2 Å². The van der Waals surface area contributed by atoms with Crippen LogP contribution in [0.25, 0.3) is 0 Å². The van der Waals surface area contributed by atoms with Crippen LogP contribution in [0.2, 0.25) is 0 Å². The molecule has 1 aliphatic heterocycles. The van der Waals surface area contributed by atoms with E-state index in [9.17, 15) is 0 Å². The van der Waals surface area contributed by atoms with Gasteiger partial charge in [-0.25, -0.2) is 0 Å². The number of nitrogens with one attached hydrogen (secondary N) is 1. The van der Waals surface area contributed by atoms with E-state index in [-0.39, 0.29) is 0 Å². The Balaban J connectivity index is 1.90. The third-order valence-corrected chi connectivity index (χ3v) is 4.30. The van der Waals surface area contributed by atoms with Crippen LogP contribution in [0, 0.1) is 6.92 Å². The fraction of sp³-hybridized carbons (Fsp3) is 0.647. The Morgan fingerprint density at radius 3 is 2.89 bits per heavy atom. The van der Waals surface area contributed by atoms with E-state index in [4.69, 9.17) is 0 Å². The predicted octanol–water partition coefficient (Wildman–Crippen LogP) is 3.52. The van der Waals surface area contributed by atoms with Crippen molar-refractivity contribution >= 4 is 0 Å². The summed E-state index contributed by atoms with van der Waals surface area (Å²) in [7, 11) is 0. The first-order valence-corrected chi connectivity index (χ1v) is 7.74. The van der Waals surface area contributed by atoms with Gasteiger partial charge in [0.15, 0.2) is 0 Å². The second-order valence-electron chi connectivity index (χ2n) is 5.86. The van der Waals surface area contributed by atoms with Crippen LogP contribution in [-0.4, -0.2) is 30.6 Å². The van der Waals surface area contributed by atoms with Crippen molar-refractivity contribution in [1.82, 2.24) is 10.2 Å². The lowest BCUT2D eigenvalue weighted by molar-refractivity contribution is 0.295. The minimum atomic E-state index is 0.457. The van der Waals surface area contributed by atoms with Crippen LogP contribution in [0.4, 0.5) is 0 Å². The molecule has 1 heterocycles. The van der Waals surface area contributed by atoms with Crippen LogP contribution >= 0.6 is 0 Å². The molecule has 0 spiro atoms. The van der Waals surface area contributed by atoms with Crippen molar-refractivity contribution in [1.29, 1.82) is 0 Å². The number of likely N-dealkylation sites (tertiary alicyclic amines) is 1. The highest BCUT2D eigenvalue weighted by Gasteiger charge is 2.18. The van der Waals surface area contributed by atoms with Crippen LogP contribution in [0.3, 0.4) is 0 Å². The van der Waals surface area contributed by atoms with E-state index < -0.39 is 0 Å². The molecule has 0 aromatic heterocycles. The van der Waals surface area contributed by atoms with Crippen molar-refractivity contribution in [3.05, 3.63) is 35.4 Å².